The van der Waals surface area contributed by atoms with Crippen molar-refractivity contribution in [1.29, 1.82) is 0 Å². The lowest BCUT2D eigenvalue weighted by atomic mass is 9.95. The molecule has 0 bridgehead atoms. The van der Waals surface area contributed by atoms with Crippen molar-refractivity contribution in [1.82, 2.24) is 10.6 Å². The lowest BCUT2D eigenvalue weighted by Crippen LogP contribution is -2.67. The second-order valence-corrected chi connectivity index (χ2v) is 21.9. The number of carbonyl (C=O) groups excluding carboxylic acids is 2. The molecular weight excluding hydrogens is 941 g/mol. The molecule has 2 aliphatic heterocycles. The Balaban J connectivity index is 1.92. The molecule has 73 heavy (non-hydrogen) atoms. The summed E-state index contributed by atoms with van der Waals surface area (Å²) in [6, 6.07) is -2.67. The molecule has 0 aromatic heterocycles. The molecule has 0 saturated carbocycles. The molecule has 2 fully saturated rings. The van der Waals surface area contributed by atoms with Crippen molar-refractivity contribution in [2.75, 3.05) is 19.8 Å². The fourth-order valence-corrected chi connectivity index (χ4v) is 10.1. The molecule has 2 heterocycles. The lowest BCUT2D eigenvalue weighted by Gasteiger charge is -2.47. The van der Waals surface area contributed by atoms with Crippen LogP contribution >= 0.6 is 0 Å². The number of aliphatic hydroxyl groups is 9. The van der Waals surface area contributed by atoms with Crippen molar-refractivity contribution in [3.8, 4) is 0 Å². The highest BCUT2D eigenvalue weighted by Crippen LogP contribution is 2.30. The van der Waals surface area contributed by atoms with E-state index in [2.05, 4.69) is 31.4 Å². The average Bonchev–Trinajstić information content (AvgIpc) is 3.36. The number of hydrogen-bond acceptors (Lipinski definition) is 15. The summed E-state index contributed by atoms with van der Waals surface area (Å²) in [5.41, 5.74) is 0. The van der Waals surface area contributed by atoms with E-state index in [-0.39, 0.29) is 12.8 Å². The Morgan fingerprint density at radius 1 is 0.534 bits per heavy atom. The van der Waals surface area contributed by atoms with Crippen LogP contribution in [0.2, 0.25) is 0 Å². The van der Waals surface area contributed by atoms with Crippen LogP contribution < -0.4 is 10.6 Å². The van der Waals surface area contributed by atoms with Crippen molar-refractivity contribution in [2.24, 2.45) is 5.92 Å². The number of ether oxygens (including phenoxy) is 4. The summed E-state index contributed by atoms with van der Waals surface area (Å²) in [6.45, 7) is 5.90. The molecule has 0 spiro atoms. The van der Waals surface area contributed by atoms with Crippen molar-refractivity contribution < 1.29 is 74.5 Å². The summed E-state index contributed by atoms with van der Waals surface area (Å²) in [4.78, 5) is 25.4. The van der Waals surface area contributed by atoms with Crippen LogP contribution in [0.1, 0.15) is 233 Å². The van der Waals surface area contributed by atoms with Crippen LogP contribution in [0.4, 0.5) is 0 Å². The third-order valence-electron chi connectivity index (χ3n) is 14.9. The SMILES string of the molecule is CCCCCCCCCCCCCCCCCCCC(O)C(=O)NC(COC1OC(CO)C(OC2OC(CO)C(O)C(O)C2NC(C)=O)C(O)C1O)C(O)C(O)CCCCCCCCCCCCCCC(C)C. The van der Waals surface area contributed by atoms with E-state index in [1.807, 2.05) is 0 Å². The summed E-state index contributed by atoms with van der Waals surface area (Å²) < 4.78 is 23.2. The van der Waals surface area contributed by atoms with Gasteiger partial charge in [-0.25, -0.2) is 0 Å². The first kappa shape index (κ1) is 67.5. The Hall–Kier alpha value is -1.58. The first-order valence-corrected chi connectivity index (χ1v) is 29.3. The zero-order valence-electron chi connectivity index (χ0n) is 45.9. The molecule has 0 aromatic rings. The van der Waals surface area contributed by atoms with Crippen LogP contribution in [0.25, 0.3) is 0 Å². The van der Waals surface area contributed by atoms with Crippen molar-refractivity contribution in [3.05, 3.63) is 0 Å². The van der Waals surface area contributed by atoms with Crippen LogP contribution in [0, 0.1) is 5.92 Å². The standard InChI is InChI=1S/C56H108N2O15/c1-5-6-7-8-9-10-11-12-13-14-15-16-21-24-27-30-33-36-44(63)54(69)58-42(48(64)43(62)35-32-29-26-23-20-18-17-19-22-25-28-31-34-40(2)3)39-70-56-52(68)51(67)53(46(38-60)72-56)73-55-47(57-41(4)61)50(66)49(65)45(37-59)71-55/h40,42-53,55-56,59-60,62-68H,5-39H2,1-4H3,(H,57,61)(H,58,69). The molecule has 14 unspecified atom stereocenters. The summed E-state index contributed by atoms with van der Waals surface area (Å²) in [6.07, 6.45) is 17.3. The van der Waals surface area contributed by atoms with Gasteiger partial charge in [-0.3, -0.25) is 9.59 Å². The Labute approximate surface area is 440 Å². The van der Waals surface area contributed by atoms with E-state index in [1.165, 1.54) is 135 Å². The number of carbonyl (C=O) groups is 2. The summed E-state index contributed by atoms with van der Waals surface area (Å²) in [7, 11) is 0. The maximum atomic E-state index is 13.4. The van der Waals surface area contributed by atoms with E-state index < -0.39 is 117 Å². The topological polar surface area (TPSA) is 277 Å². The molecule has 2 aliphatic rings. The van der Waals surface area contributed by atoms with Gasteiger partial charge in [0.1, 0.15) is 61.0 Å². The maximum Gasteiger partial charge on any atom is 0.249 e. The molecule has 0 aromatic carbocycles. The van der Waals surface area contributed by atoms with Gasteiger partial charge < -0.3 is 75.5 Å². The van der Waals surface area contributed by atoms with Gasteiger partial charge in [0.25, 0.3) is 0 Å². The number of aliphatic hydroxyl groups excluding tert-OH is 9. The number of nitrogens with one attached hydrogen (secondary N) is 2. The average molecular weight is 1050 g/mol. The second-order valence-electron chi connectivity index (χ2n) is 21.9. The van der Waals surface area contributed by atoms with Crippen LogP contribution in [0.15, 0.2) is 0 Å². The van der Waals surface area contributed by atoms with E-state index in [9.17, 15) is 55.5 Å². The largest absolute Gasteiger partial charge is 0.394 e. The zero-order valence-corrected chi connectivity index (χ0v) is 45.9. The van der Waals surface area contributed by atoms with E-state index in [0.29, 0.717) is 12.8 Å². The molecule has 0 aliphatic carbocycles. The van der Waals surface area contributed by atoms with Crippen molar-refractivity contribution in [2.45, 2.75) is 319 Å². The quantitative estimate of drug-likeness (QED) is 0.0291. The van der Waals surface area contributed by atoms with Gasteiger partial charge in [-0.15, -0.1) is 0 Å². The van der Waals surface area contributed by atoms with Gasteiger partial charge in [0.2, 0.25) is 11.8 Å². The predicted octanol–water partition coefficient (Wildman–Crippen LogP) is 6.50. The molecule has 2 amide bonds. The number of amides is 2. The first-order valence-electron chi connectivity index (χ1n) is 29.3. The molecule has 17 heteroatoms. The number of unbranched alkanes of at least 4 members (excludes halogenated alkanes) is 27. The highest BCUT2D eigenvalue weighted by atomic mass is 16.7. The monoisotopic (exact) mass is 1050 g/mol. The normalized spacial score (nSPS) is 26.2. The Bertz CT molecular complexity index is 1350. The van der Waals surface area contributed by atoms with Gasteiger partial charge >= 0.3 is 0 Å². The van der Waals surface area contributed by atoms with Gasteiger partial charge in [0.05, 0.1) is 32.0 Å². The molecule has 432 valence electrons. The number of rotatable bonds is 45. The fourth-order valence-electron chi connectivity index (χ4n) is 10.1. The van der Waals surface area contributed by atoms with Crippen LogP contribution in [-0.2, 0) is 28.5 Å². The minimum absolute atomic E-state index is 0.202. The molecule has 17 nitrogen and oxygen atoms in total. The molecular formula is C56H108N2O15. The van der Waals surface area contributed by atoms with Crippen molar-refractivity contribution in [3.63, 3.8) is 0 Å². The minimum Gasteiger partial charge on any atom is -0.394 e. The van der Waals surface area contributed by atoms with Crippen LogP contribution in [0.3, 0.4) is 0 Å². The number of hydrogen-bond donors (Lipinski definition) is 11. The fraction of sp³-hybridized carbons (Fsp3) is 0.964. The van der Waals surface area contributed by atoms with Crippen molar-refractivity contribution >= 4 is 11.8 Å². The second kappa shape index (κ2) is 41.5. The summed E-state index contributed by atoms with van der Waals surface area (Å²) in [5.74, 6) is -0.600. The highest BCUT2D eigenvalue weighted by molar-refractivity contribution is 5.80. The third-order valence-corrected chi connectivity index (χ3v) is 14.9. The van der Waals surface area contributed by atoms with E-state index >= 15 is 0 Å². The first-order chi connectivity index (χ1) is 35.2. The smallest absolute Gasteiger partial charge is 0.249 e. The Kier molecular flexibility index (Phi) is 38.4. The highest BCUT2D eigenvalue weighted by Gasteiger charge is 2.51. The minimum atomic E-state index is -1.86. The third kappa shape index (κ3) is 28.6. The van der Waals surface area contributed by atoms with E-state index in [0.717, 1.165) is 57.8 Å². The lowest BCUT2D eigenvalue weighted by molar-refractivity contribution is -0.347. The molecule has 14 atom stereocenters. The van der Waals surface area contributed by atoms with Gasteiger partial charge in [0, 0.05) is 6.92 Å². The maximum absolute atomic E-state index is 13.4. The Morgan fingerprint density at radius 2 is 0.959 bits per heavy atom. The van der Waals surface area contributed by atoms with Crippen LogP contribution in [-0.4, -0.2) is 163 Å². The van der Waals surface area contributed by atoms with Gasteiger partial charge in [-0.2, -0.15) is 0 Å². The molecule has 11 N–H and O–H groups in total. The van der Waals surface area contributed by atoms with E-state index in [1.54, 1.807) is 0 Å². The summed E-state index contributed by atoms with van der Waals surface area (Å²) in [5, 5.41) is 102. The van der Waals surface area contributed by atoms with E-state index in [4.69, 9.17) is 18.9 Å². The molecule has 2 saturated heterocycles. The summed E-state index contributed by atoms with van der Waals surface area (Å²) >= 11 is 0. The van der Waals surface area contributed by atoms with Gasteiger partial charge in [0.15, 0.2) is 12.6 Å². The Morgan fingerprint density at radius 3 is 1.40 bits per heavy atom. The zero-order chi connectivity index (χ0) is 53.8. The molecule has 2 rings (SSSR count). The predicted molar refractivity (Wildman–Crippen MR) is 282 cm³/mol. The van der Waals surface area contributed by atoms with Gasteiger partial charge in [-0.1, -0.05) is 213 Å². The molecule has 0 radical (unpaired) electrons. The van der Waals surface area contributed by atoms with Gasteiger partial charge in [-0.05, 0) is 18.8 Å². The van der Waals surface area contributed by atoms with Crippen LogP contribution in [0.5, 0.6) is 0 Å².